The van der Waals surface area contributed by atoms with Crippen LogP contribution >= 0.6 is 12.4 Å². The molecule has 0 saturated carbocycles. The molecule has 0 aromatic heterocycles. The third-order valence-corrected chi connectivity index (χ3v) is 2.97. The third kappa shape index (κ3) is 15.2. The Bertz CT molecular complexity index is 380. The van der Waals surface area contributed by atoms with Crippen LogP contribution in [0.1, 0.15) is 53.4 Å². The van der Waals surface area contributed by atoms with Crippen molar-refractivity contribution >= 4 is 18.4 Å². The molecular formula is C17H30ClNO2. The van der Waals surface area contributed by atoms with E-state index in [1.54, 1.807) is 0 Å². The largest absolute Gasteiger partial charge is 0.461 e. The zero-order valence-corrected chi connectivity index (χ0v) is 14.6. The smallest absolute Gasteiger partial charge is 0.320 e. The normalized spacial score (nSPS) is 11.7. The van der Waals surface area contributed by atoms with Crippen LogP contribution in [0.4, 0.5) is 0 Å². The first-order valence-electron chi connectivity index (χ1n) is 7.26. The molecule has 3 nitrogen and oxygen atoms in total. The number of nitrogens with two attached hydrogens (primary N) is 1. The van der Waals surface area contributed by atoms with Gasteiger partial charge in [0.15, 0.2) is 0 Å². The molecular weight excluding hydrogens is 286 g/mol. The van der Waals surface area contributed by atoms with Crippen LogP contribution in [0.3, 0.4) is 0 Å². The molecule has 0 bridgehead atoms. The maximum absolute atomic E-state index is 10.9. The maximum Gasteiger partial charge on any atom is 0.320 e. The highest BCUT2D eigenvalue weighted by Gasteiger charge is 1.96. The summed E-state index contributed by atoms with van der Waals surface area (Å²) in [6, 6.07) is 0. The lowest BCUT2D eigenvalue weighted by atomic mass is 10.1. The van der Waals surface area contributed by atoms with Crippen LogP contribution in [0.5, 0.6) is 0 Å². The quantitative estimate of drug-likeness (QED) is 0.509. The molecule has 0 amide bonds. The highest BCUT2D eigenvalue weighted by atomic mass is 35.5. The van der Waals surface area contributed by atoms with E-state index in [1.165, 1.54) is 16.7 Å². The molecule has 0 heterocycles. The summed E-state index contributed by atoms with van der Waals surface area (Å²) in [7, 11) is 0. The van der Waals surface area contributed by atoms with Crippen molar-refractivity contribution in [2.45, 2.75) is 53.4 Å². The first-order valence-corrected chi connectivity index (χ1v) is 7.26. The Morgan fingerprint density at radius 2 is 1.48 bits per heavy atom. The molecule has 2 N–H and O–H groups in total. The first kappa shape index (κ1) is 22.2. The fraction of sp³-hybridized carbons (Fsp3) is 0.588. The molecule has 0 radical (unpaired) electrons. The minimum atomic E-state index is -0.357. The van der Waals surface area contributed by atoms with Gasteiger partial charge in [-0.15, -0.1) is 12.4 Å². The number of allylic oxidation sites excluding steroid dienone is 5. The summed E-state index contributed by atoms with van der Waals surface area (Å²) in [4.78, 5) is 10.9. The number of hydrogen-bond acceptors (Lipinski definition) is 3. The van der Waals surface area contributed by atoms with Gasteiger partial charge >= 0.3 is 5.97 Å². The molecule has 0 saturated heterocycles. The van der Waals surface area contributed by atoms with Crippen molar-refractivity contribution < 1.29 is 9.53 Å². The minimum absolute atomic E-state index is 0. The monoisotopic (exact) mass is 315 g/mol. The fourth-order valence-electron chi connectivity index (χ4n) is 1.67. The average molecular weight is 316 g/mol. The summed E-state index contributed by atoms with van der Waals surface area (Å²) in [6.07, 6.45) is 10.8. The van der Waals surface area contributed by atoms with Gasteiger partial charge in [0.2, 0.25) is 0 Å². The molecule has 122 valence electrons. The second kappa shape index (κ2) is 13.9. The Hall–Kier alpha value is -1.06. The Labute approximate surface area is 135 Å². The van der Waals surface area contributed by atoms with E-state index in [2.05, 4.69) is 39.8 Å². The van der Waals surface area contributed by atoms with Crippen molar-refractivity contribution in [1.82, 2.24) is 0 Å². The molecule has 0 aliphatic rings. The molecule has 0 rings (SSSR count). The number of hydrogen-bond donors (Lipinski definition) is 1. The predicted molar refractivity (Wildman–Crippen MR) is 92.7 cm³/mol. The van der Waals surface area contributed by atoms with Crippen LogP contribution in [0.2, 0.25) is 0 Å². The molecule has 21 heavy (non-hydrogen) atoms. The lowest BCUT2D eigenvalue weighted by molar-refractivity contribution is -0.140. The van der Waals surface area contributed by atoms with Gasteiger partial charge in [-0.05, 0) is 59.5 Å². The van der Waals surface area contributed by atoms with Crippen molar-refractivity contribution in [3.05, 3.63) is 34.9 Å². The van der Waals surface area contributed by atoms with Gasteiger partial charge in [-0.2, -0.15) is 0 Å². The Kier molecular flexibility index (Phi) is 14.7. The second-order valence-corrected chi connectivity index (χ2v) is 5.35. The van der Waals surface area contributed by atoms with Crippen molar-refractivity contribution in [3.8, 4) is 0 Å². The van der Waals surface area contributed by atoms with Crippen LogP contribution in [-0.4, -0.2) is 19.1 Å². The van der Waals surface area contributed by atoms with E-state index in [0.717, 1.165) is 25.7 Å². The molecule has 0 aromatic carbocycles. The molecule has 0 spiro atoms. The molecule has 0 atom stereocenters. The Balaban J connectivity index is 0. The number of halogens is 1. The fourth-order valence-corrected chi connectivity index (χ4v) is 1.67. The number of rotatable bonds is 9. The van der Waals surface area contributed by atoms with Crippen molar-refractivity contribution in [1.29, 1.82) is 0 Å². The lowest BCUT2D eigenvalue weighted by Crippen LogP contribution is -2.16. The van der Waals surface area contributed by atoms with Gasteiger partial charge in [-0.1, -0.05) is 28.9 Å². The van der Waals surface area contributed by atoms with Gasteiger partial charge in [0.25, 0.3) is 0 Å². The third-order valence-electron chi connectivity index (χ3n) is 2.97. The molecule has 0 fully saturated rings. The summed E-state index contributed by atoms with van der Waals surface area (Å²) in [6.45, 7) is 8.77. The average Bonchev–Trinajstić information content (AvgIpc) is 2.38. The van der Waals surface area contributed by atoms with E-state index in [-0.39, 0.29) is 24.9 Å². The van der Waals surface area contributed by atoms with Gasteiger partial charge in [-0.25, -0.2) is 0 Å². The van der Waals surface area contributed by atoms with E-state index in [4.69, 9.17) is 10.5 Å². The van der Waals surface area contributed by atoms with Crippen LogP contribution in [0.15, 0.2) is 34.9 Å². The zero-order chi connectivity index (χ0) is 15.4. The topological polar surface area (TPSA) is 52.3 Å². The predicted octanol–water partition coefficient (Wildman–Crippen LogP) is 4.33. The summed E-state index contributed by atoms with van der Waals surface area (Å²) in [5.41, 5.74) is 9.21. The van der Waals surface area contributed by atoms with Gasteiger partial charge in [0.1, 0.15) is 6.61 Å². The molecule has 0 unspecified atom stereocenters. The van der Waals surface area contributed by atoms with Crippen molar-refractivity contribution in [2.24, 2.45) is 5.73 Å². The van der Waals surface area contributed by atoms with Gasteiger partial charge in [0.05, 0.1) is 6.54 Å². The summed E-state index contributed by atoms with van der Waals surface area (Å²) < 4.78 is 4.90. The number of ether oxygens (including phenoxy) is 1. The Morgan fingerprint density at radius 1 is 0.952 bits per heavy atom. The molecule has 0 aromatic rings. The SMILES string of the molecule is CC(C)=CCCC(C)=CCCC(C)=CCOC(=O)CN.Cl. The number of esters is 1. The Morgan fingerprint density at radius 3 is 2.00 bits per heavy atom. The van der Waals surface area contributed by atoms with Gasteiger partial charge < -0.3 is 10.5 Å². The highest BCUT2D eigenvalue weighted by molar-refractivity contribution is 5.85. The van der Waals surface area contributed by atoms with Crippen molar-refractivity contribution in [3.63, 3.8) is 0 Å². The minimum Gasteiger partial charge on any atom is -0.461 e. The molecule has 0 aliphatic heterocycles. The second-order valence-electron chi connectivity index (χ2n) is 5.35. The summed E-state index contributed by atoms with van der Waals surface area (Å²) in [5.74, 6) is -0.357. The molecule has 0 aliphatic carbocycles. The highest BCUT2D eigenvalue weighted by Crippen LogP contribution is 2.11. The van der Waals surface area contributed by atoms with E-state index < -0.39 is 0 Å². The first-order chi connectivity index (χ1) is 9.45. The lowest BCUT2D eigenvalue weighted by Gasteiger charge is -2.02. The van der Waals surface area contributed by atoms with Crippen molar-refractivity contribution in [2.75, 3.05) is 13.2 Å². The van der Waals surface area contributed by atoms with Gasteiger partial charge in [-0.3, -0.25) is 4.79 Å². The standard InChI is InChI=1S/C17H29NO2.ClH/c1-14(2)7-5-8-15(3)9-6-10-16(4)11-12-20-17(19)13-18;/h7,9,11H,5-6,8,10,12-13,18H2,1-4H3;1H. The van der Waals surface area contributed by atoms with Gasteiger partial charge in [0, 0.05) is 0 Å². The van der Waals surface area contributed by atoms with E-state index >= 15 is 0 Å². The number of carbonyl (C=O) groups excluding carboxylic acids is 1. The summed E-state index contributed by atoms with van der Waals surface area (Å²) >= 11 is 0. The zero-order valence-electron chi connectivity index (χ0n) is 13.8. The van der Waals surface area contributed by atoms with E-state index in [9.17, 15) is 4.79 Å². The number of carbonyl (C=O) groups is 1. The van der Waals surface area contributed by atoms with Crippen LogP contribution < -0.4 is 5.73 Å². The van der Waals surface area contributed by atoms with Crippen LogP contribution in [-0.2, 0) is 9.53 Å². The van der Waals surface area contributed by atoms with E-state index in [0.29, 0.717) is 6.61 Å². The molecule has 4 heteroatoms. The van der Waals surface area contributed by atoms with Crippen LogP contribution in [0, 0.1) is 0 Å². The maximum atomic E-state index is 10.9. The summed E-state index contributed by atoms with van der Waals surface area (Å²) in [5, 5.41) is 0. The van der Waals surface area contributed by atoms with Crippen LogP contribution in [0.25, 0.3) is 0 Å². The van der Waals surface area contributed by atoms with E-state index in [1.807, 2.05) is 6.08 Å².